The van der Waals surface area contributed by atoms with Crippen molar-refractivity contribution in [2.24, 2.45) is 0 Å². The van der Waals surface area contributed by atoms with Crippen LogP contribution in [0.4, 0.5) is 0 Å². The summed E-state index contributed by atoms with van der Waals surface area (Å²) in [5.74, 6) is 0.882. The lowest BCUT2D eigenvalue weighted by atomic mass is 10.1. The topological polar surface area (TPSA) is 32.8 Å². The molecule has 132 valence electrons. The van der Waals surface area contributed by atoms with Crippen molar-refractivity contribution >= 4 is 5.91 Å². The summed E-state index contributed by atoms with van der Waals surface area (Å²) in [7, 11) is 1.63. The SMILES string of the molecule is COc1ccc(C(=O)N2CCN(CCc3ccccc3)C(C)C2)cc1. The van der Waals surface area contributed by atoms with Gasteiger partial charge in [-0.2, -0.15) is 0 Å². The number of amides is 1. The van der Waals surface area contributed by atoms with Crippen LogP contribution in [0.1, 0.15) is 22.8 Å². The number of carbonyl (C=O) groups is 1. The first-order valence-corrected chi connectivity index (χ1v) is 8.88. The van der Waals surface area contributed by atoms with Crippen molar-refractivity contribution in [2.45, 2.75) is 19.4 Å². The fraction of sp³-hybridized carbons (Fsp3) is 0.381. The fourth-order valence-corrected chi connectivity index (χ4v) is 3.35. The van der Waals surface area contributed by atoms with E-state index in [1.807, 2.05) is 29.2 Å². The van der Waals surface area contributed by atoms with Crippen LogP contribution in [0.3, 0.4) is 0 Å². The van der Waals surface area contributed by atoms with Crippen molar-refractivity contribution in [1.29, 1.82) is 0 Å². The molecular weight excluding hydrogens is 312 g/mol. The normalized spacial score (nSPS) is 18.2. The second-order valence-corrected chi connectivity index (χ2v) is 6.60. The third kappa shape index (κ3) is 4.40. The minimum absolute atomic E-state index is 0.109. The Morgan fingerprint density at radius 2 is 1.80 bits per heavy atom. The third-order valence-electron chi connectivity index (χ3n) is 4.92. The fourth-order valence-electron chi connectivity index (χ4n) is 3.35. The molecule has 25 heavy (non-hydrogen) atoms. The Hall–Kier alpha value is -2.33. The van der Waals surface area contributed by atoms with E-state index in [-0.39, 0.29) is 5.91 Å². The zero-order chi connectivity index (χ0) is 17.6. The van der Waals surface area contributed by atoms with Crippen LogP contribution in [-0.2, 0) is 6.42 Å². The molecule has 0 saturated carbocycles. The second kappa shape index (κ2) is 8.17. The molecule has 1 aliphatic heterocycles. The van der Waals surface area contributed by atoms with Crippen LogP contribution in [0, 0.1) is 0 Å². The summed E-state index contributed by atoms with van der Waals surface area (Å²) in [6.07, 6.45) is 1.05. The molecule has 1 atom stereocenters. The molecule has 1 fully saturated rings. The van der Waals surface area contributed by atoms with Gasteiger partial charge in [0.1, 0.15) is 5.75 Å². The van der Waals surface area contributed by atoms with Gasteiger partial charge in [-0.15, -0.1) is 0 Å². The highest BCUT2D eigenvalue weighted by atomic mass is 16.5. The van der Waals surface area contributed by atoms with E-state index in [0.717, 1.165) is 43.9 Å². The zero-order valence-corrected chi connectivity index (χ0v) is 15.0. The number of methoxy groups -OCH3 is 1. The van der Waals surface area contributed by atoms with Crippen LogP contribution in [0.25, 0.3) is 0 Å². The molecule has 1 amide bonds. The van der Waals surface area contributed by atoms with E-state index in [0.29, 0.717) is 6.04 Å². The molecule has 4 nitrogen and oxygen atoms in total. The van der Waals surface area contributed by atoms with Crippen LogP contribution < -0.4 is 4.74 Å². The van der Waals surface area contributed by atoms with Crippen molar-refractivity contribution in [3.8, 4) is 5.75 Å². The first-order chi connectivity index (χ1) is 12.2. The molecular formula is C21H26N2O2. The second-order valence-electron chi connectivity index (χ2n) is 6.60. The number of hydrogen-bond donors (Lipinski definition) is 0. The largest absolute Gasteiger partial charge is 0.497 e. The van der Waals surface area contributed by atoms with E-state index in [1.165, 1.54) is 5.56 Å². The number of ether oxygens (including phenoxy) is 1. The molecule has 0 bridgehead atoms. The Morgan fingerprint density at radius 3 is 2.44 bits per heavy atom. The molecule has 0 aliphatic carbocycles. The number of nitrogens with zero attached hydrogens (tertiary/aromatic N) is 2. The van der Waals surface area contributed by atoms with Gasteiger partial charge in [0.05, 0.1) is 7.11 Å². The Bertz CT molecular complexity index is 685. The average molecular weight is 338 g/mol. The predicted octanol–water partition coefficient (Wildman–Crippen LogP) is 3.08. The van der Waals surface area contributed by atoms with Gasteiger partial charge in [0.25, 0.3) is 5.91 Å². The predicted molar refractivity (Wildman–Crippen MR) is 100 cm³/mol. The highest BCUT2D eigenvalue weighted by Crippen LogP contribution is 2.16. The molecule has 0 radical (unpaired) electrons. The summed E-state index contributed by atoms with van der Waals surface area (Å²) in [5.41, 5.74) is 2.09. The summed E-state index contributed by atoms with van der Waals surface area (Å²) in [6.45, 7) is 5.73. The Balaban J connectivity index is 1.54. The summed E-state index contributed by atoms with van der Waals surface area (Å²) >= 11 is 0. The maximum atomic E-state index is 12.7. The van der Waals surface area contributed by atoms with Crippen molar-refractivity contribution in [3.05, 3.63) is 65.7 Å². The molecule has 3 rings (SSSR count). The molecule has 1 unspecified atom stereocenters. The minimum atomic E-state index is 0.109. The molecule has 1 saturated heterocycles. The lowest BCUT2D eigenvalue weighted by Crippen LogP contribution is -2.53. The molecule has 2 aromatic carbocycles. The average Bonchev–Trinajstić information content (AvgIpc) is 2.67. The van der Waals surface area contributed by atoms with E-state index in [4.69, 9.17) is 4.74 Å². The van der Waals surface area contributed by atoms with Gasteiger partial charge in [-0.1, -0.05) is 30.3 Å². The number of benzene rings is 2. The maximum absolute atomic E-state index is 12.7. The standard InChI is InChI=1S/C21H26N2O2/c1-17-16-23(21(24)19-8-10-20(25-2)11-9-19)15-14-22(17)13-12-18-6-4-3-5-7-18/h3-11,17H,12-16H2,1-2H3. The van der Waals surface area contributed by atoms with Gasteiger partial charge in [-0.3, -0.25) is 9.69 Å². The van der Waals surface area contributed by atoms with Crippen molar-refractivity contribution in [1.82, 2.24) is 9.80 Å². The highest BCUT2D eigenvalue weighted by molar-refractivity contribution is 5.94. The number of hydrogen-bond acceptors (Lipinski definition) is 3. The summed E-state index contributed by atoms with van der Waals surface area (Å²) in [6, 6.07) is 18.3. The Kier molecular flexibility index (Phi) is 5.71. The first kappa shape index (κ1) is 17.5. The lowest BCUT2D eigenvalue weighted by molar-refractivity contribution is 0.0518. The van der Waals surface area contributed by atoms with Gasteiger partial charge >= 0.3 is 0 Å². The van der Waals surface area contributed by atoms with Gasteiger partial charge < -0.3 is 9.64 Å². The van der Waals surface area contributed by atoms with Gasteiger partial charge in [0, 0.05) is 37.8 Å². The molecule has 0 N–H and O–H groups in total. The number of carbonyl (C=O) groups excluding carboxylic acids is 1. The van der Waals surface area contributed by atoms with E-state index in [9.17, 15) is 4.79 Å². The van der Waals surface area contributed by atoms with E-state index in [2.05, 4.69) is 42.2 Å². The van der Waals surface area contributed by atoms with Gasteiger partial charge in [-0.05, 0) is 43.2 Å². The van der Waals surface area contributed by atoms with Crippen molar-refractivity contribution < 1.29 is 9.53 Å². The summed E-state index contributed by atoms with van der Waals surface area (Å²) in [5, 5.41) is 0. The lowest BCUT2D eigenvalue weighted by Gasteiger charge is -2.40. The van der Waals surface area contributed by atoms with E-state index in [1.54, 1.807) is 7.11 Å². The van der Waals surface area contributed by atoms with Crippen LogP contribution in [0.5, 0.6) is 5.75 Å². The smallest absolute Gasteiger partial charge is 0.253 e. The third-order valence-corrected chi connectivity index (χ3v) is 4.92. The van der Waals surface area contributed by atoms with Crippen LogP contribution in [-0.4, -0.2) is 55.0 Å². The summed E-state index contributed by atoms with van der Waals surface area (Å²) < 4.78 is 5.16. The van der Waals surface area contributed by atoms with Crippen LogP contribution >= 0.6 is 0 Å². The first-order valence-electron chi connectivity index (χ1n) is 8.88. The van der Waals surface area contributed by atoms with Gasteiger partial charge in [0.15, 0.2) is 0 Å². The molecule has 0 aromatic heterocycles. The molecule has 1 aliphatic rings. The van der Waals surface area contributed by atoms with Crippen LogP contribution in [0.15, 0.2) is 54.6 Å². The number of piperazine rings is 1. The van der Waals surface area contributed by atoms with E-state index < -0.39 is 0 Å². The quantitative estimate of drug-likeness (QED) is 0.840. The van der Waals surface area contributed by atoms with Gasteiger partial charge in [0.2, 0.25) is 0 Å². The Labute approximate surface area is 150 Å². The number of rotatable bonds is 5. The molecule has 2 aromatic rings. The zero-order valence-electron chi connectivity index (χ0n) is 15.0. The monoisotopic (exact) mass is 338 g/mol. The molecule has 1 heterocycles. The summed E-state index contributed by atoms with van der Waals surface area (Å²) in [4.78, 5) is 17.1. The van der Waals surface area contributed by atoms with Crippen molar-refractivity contribution in [2.75, 3.05) is 33.3 Å². The molecule has 0 spiro atoms. The van der Waals surface area contributed by atoms with E-state index >= 15 is 0 Å². The van der Waals surface area contributed by atoms with Gasteiger partial charge in [-0.25, -0.2) is 0 Å². The van der Waals surface area contributed by atoms with Crippen molar-refractivity contribution in [3.63, 3.8) is 0 Å². The highest BCUT2D eigenvalue weighted by Gasteiger charge is 2.26. The Morgan fingerprint density at radius 1 is 1.08 bits per heavy atom. The minimum Gasteiger partial charge on any atom is -0.497 e. The maximum Gasteiger partial charge on any atom is 0.253 e. The molecule has 4 heteroatoms. The van der Waals surface area contributed by atoms with Crippen LogP contribution in [0.2, 0.25) is 0 Å².